The van der Waals surface area contributed by atoms with Gasteiger partial charge in [0.15, 0.2) is 0 Å². The molecule has 6 nitrogen and oxygen atoms in total. The van der Waals surface area contributed by atoms with Gasteiger partial charge in [-0.15, -0.1) is 11.3 Å². The van der Waals surface area contributed by atoms with Crippen molar-refractivity contribution < 1.29 is 9.90 Å². The number of benzene rings is 1. The van der Waals surface area contributed by atoms with Gasteiger partial charge < -0.3 is 14.9 Å². The highest BCUT2D eigenvalue weighted by atomic mass is 32.1. The van der Waals surface area contributed by atoms with E-state index >= 15 is 0 Å². The van der Waals surface area contributed by atoms with Crippen LogP contribution in [0.1, 0.15) is 10.4 Å². The van der Waals surface area contributed by atoms with Crippen molar-refractivity contribution in [2.45, 2.75) is 0 Å². The summed E-state index contributed by atoms with van der Waals surface area (Å²) < 4.78 is 1.08. The number of amides is 1. The number of carbonyl (C=O) groups is 1. The predicted molar refractivity (Wildman–Crippen MR) is 93.6 cm³/mol. The lowest BCUT2D eigenvalue weighted by atomic mass is 10.1. The van der Waals surface area contributed by atoms with E-state index in [1.54, 1.807) is 40.8 Å². The van der Waals surface area contributed by atoms with Crippen molar-refractivity contribution >= 4 is 33.3 Å². The van der Waals surface area contributed by atoms with Gasteiger partial charge >= 0.3 is 0 Å². The van der Waals surface area contributed by atoms with Crippen molar-refractivity contribution in [1.82, 2.24) is 14.9 Å². The normalized spacial score (nSPS) is 15.0. The van der Waals surface area contributed by atoms with Crippen LogP contribution in [0.4, 0.5) is 5.82 Å². The molecule has 3 aromatic rings. The molecule has 24 heavy (non-hydrogen) atoms. The van der Waals surface area contributed by atoms with Gasteiger partial charge in [0.2, 0.25) is 0 Å². The topological polar surface area (TPSA) is 69.6 Å². The highest BCUT2D eigenvalue weighted by Gasteiger charge is 2.25. The Morgan fingerprint density at radius 1 is 1.08 bits per heavy atom. The Labute approximate surface area is 143 Å². The quantitative estimate of drug-likeness (QED) is 0.775. The number of piperazine rings is 1. The number of thiophene rings is 1. The van der Waals surface area contributed by atoms with Crippen LogP contribution in [0.15, 0.2) is 42.0 Å². The summed E-state index contributed by atoms with van der Waals surface area (Å²) in [6, 6.07) is 8.66. The Hall–Kier alpha value is -2.67. The number of aromatic nitrogens is 2. The van der Waals surface area contributed by atoms with Gasteiger partial charge in [0.25, 0.3) is 5.91 Å². The van der Waals surface area contributed by atoms with E-state index in [0.717, 1.165) is 16.0 Å². The van der Waals surface area contributed by atoms with E-state index in [2.05, 4.69) is 14.9 Å². The minimum atomic E-state index is -0.128. The maximum atomic E-state index is 12.6. The molecule has 122 valence electrons. The molecule has 0 spiro atoms. The summed E-state index contributed by atoms with van der Waals surface area (Å²) in [7, 11) is 0. The zero-order valence-electron chi connectivity index (χ0n) is 12.9. The number of nitrogens with zero attached hydrogens (tertiary/aromatic N) is 4. The average molecular weight is 340 g/mol. The smallest absolute Gasteiger partial charge is 0.257 e. The summed E-state index contributed by atoms with van der Waals surface area (Å²) in [6.07, 6.45) is 1.59. The Morgan fingerprint density at radius 2 is 1.88 bits per heavy atom. The molecule has 1 aliphatic rings. The van der Waals surface area contributed by atoms with Crippen LogP contribution in [0.5, 0.6) is 5.75 Å². The van der Waals surface area contributed by atoms with E-state index in [9.17, 15) is 9.90 Å². The third kappa shape index (κ3) is 2.56. The van der Waals surface area contributed by atoms with Crippen LogP contribution in [0.3, 0.4) is 0 Å². The number of carbonyl (C=O) groups excluding carboxylic acids is 1. The van der Waals surface area contributed by atoms with Crippen LogP contribution >= 0.6 is 11.3 Å². The molecule has 4 rings (SSSR count). The van der Waals surface area contributed by atoms with E-state index < -0.39 is 0 Å². The summed E-state index contributed by atoms with van der Waals surface area (Å²) in [5.74, 6) is 0.836. The second-order valence-electron chi connectivity index (χ2n) is 5.63. The lowest BCUT2D eigenvalue weighted by molar-refractivity contribution is 0.0743. The van der Waals surface area contributed by atoms with Gasteiger partial charge in [-0.2, -0.15) is 0 Å². The van der Waals surface area contributed by atoms with Crippen LogP contribution < -0.4 is 4.90 Å². The van der Waals surface area contributed by atoms with Gasteiger partial charge in [0.05, 0.1) is 15.8 Å². The molecule has 0 atom stereocenters. The summed E-state index contributed by atoms with van der Waals surface area (Å²) in [5.41, 5.74) is 1.31. The highest BCUT2D eigenvalue weighted by molar-refractivity contribution is 7.17. The number of hydrogen-bond acceptors (Lipinski definition) is 6. The van der Waals surface area contributed by atoms with Gasteiger partial charge in [-0.25, -0.2) is 9.97 Å². The van der Waals surface area contributed by atoms with E-state index in [1.165, 1.54) is 6.07 Å². The first-order valence-corrected chi connectivity index (χ1v) is 8.62. The first-order valence-electron chi connectivity index (χ1n) is 7.74. The Morgan fingerprint density at radius 3 is 2.67 bits per heavy atom. The summed E-state index contributed by atoms with van der Waals surface area (Å²) >= 11 is 1.63. The van der Waals surface area contributed by atoms with Crippen LogP contribution in [-0.4, -0.2) is 52.1 Å². The van der Waals surface area contributed by atoms with E-state index in [-0.39, 0.29) is 11.7 Å². The molecule has 1 aromatic carbocycles. The van der Waals surface area contributed by atoms with Gasteiger partial charge in [0, 0.05) is 26.2 Å². The minimum Gasteiger partial charge on any atom is -0.507 e. The molecule has 0 bridgehead atoms. The van der Waals surface area contributed by atoms with Gasteiger partial charge in [-0.05, 0) is 23.6 Å². The van der Waals surface area contributed by atoms with E-state index in [0.29, 0.717) is 31.7 Å². The van der Waals surface area contributed by atoms with Crippen molar-refractivity contribution in [3.8, 4) is 5.75 Å². The fourth-order valence-electron chi connectivity index (χ4n) is 2.95. The number of fused-ring (bicyclic) bond motifs is 1. The molecule has 0 aliphatic carbocycles. The van der Waals surface area contributed by atoms with Crippen molar-refractivity contribution in [3.05, 3.63) is 47.6 Å². The molecule has 1 N–H and O–H groups in total. The highest BCUT2D eigenvalue weighted by Crippen LogP contribution is 2.28. The van der Waals surface area contributed by atoms with Crippen LogP contribution in [-0.2, 0) is 0 Å². The second-order valence-corrected chi connectivity index (χ2v) is 6.54. The standard InChI is InChI=1S/C17H16N4O2S/c22-14-4-2-1-3-12(14)17(23)21-8-6-20(7-9-21)16-15-13(5-10-24-15)18-11-19-16/h1-5,10-11,22H,6-9H2. The molecule has 0 unspecified atom stereocenters. The molecule has 2 aromatic heterocycles. The lowest BCUT2D eigenvalue weighted by Gasteiger charge is -2.35. The zero-order valence-corrected chi connectivity index (χ0v) is 13.7. The maximum Gasteiger partial charge on any atom is 0.257 e. The molecular formula is C17H16N4O2S. The summed E-state index contributed by atoms with van der Waals surface area (Å²) in [5, 5.41) is 11.9. The number of aromatic hydroxyl groups is 1. The molecule has 1 fully saturated rings. The lowest BCUT2D eigenvalue weighted by Crippen LogP contribution is -2.49. The number of hydrogen-bond donors (Lipinski definition) is 1. The largest absolute Gasteiger partial charge is 0.507 e. The molecular weight excluding hydrogens is 324 g/mol. The fourth-order valence-corrected chi connectivity index (χ4v) is 3.81. The van der Waals surface area contributed by atoms with Gasteiger partial charge in [-0.1, -0.05) is 12.1 Å². The monoisotopic (exact) mass is 340 g/mol. The molecule has 1 amide bonds. The Kier molecular flexibility index (Phi) is 3.78. The van der Waals surface area contributed by atoms with Crippen LogP contribution in [0, 0.1) is 0 Å². The molecule has 0 radical (unpaired) electrons. The number of rotatable bonds is 2. The van der Waals surface area contributed by atoms with E-state index in [4.69, 9.17) is 0 Å². The Balaban J connectivity index is 1.50. The average Bonchev–Trinajstić information content (AvgIpc) is 3.10. The zero-order chi connectivity index (χ0) is 16.5. The number of anilines is 1. The molecule has 1 saturated heterocycles. The van der Waals surface area contributed by atoms with Crippen molar-refractivity contribution in [1.29, 1.82) is 0 Å². The third-order valence-electron chi connectivity index (χ3n) is 4.23. The molecule has 7 heteroatoms. The maximum absolute atomic E-state index is 12.6. The summed E-state index contributed by atoms with van der Waals surface area (Å²) in [4.78, 5) is 25.2. The predicted octanol–water partition coefficient (Wildman–Crippen LogP) is 2.36. The van der Waals surface area contributed by atoms with Gasteiger partial charge in [0.1, 0.15) is 17.9 Å². The molecule has 3 heterocycles. The van der Waals surface area contributed by atoms with Gasteiger partial charge in [-0.3, -0.25) is 4.79 Å². The fraction of sp³-hybridized carbons (Fsp3) is 0.235. The van der Waals surface area contributed by atoms with Crippen LogP contribution in [0.25, 0.3) is 10.2 Å². The second kappa shape index (κ2) is 6.09. The van der Waals surface area contributed by atoms with Crippen molar-refractivity contribution in [2.75, 3.05) is 31.1 Å². The summed E-state index contributed by atoms with van der Waals surface area (Å²) in [6.45, 7) is 2.63. The van der Waals surface area contributed by atoms with Crippen molar-refractivity contribution in [3.63, 3.8) is 0 Å². The first-order chi connectivity index (χ1) is 11.7. The Bertz CT molecular complexity index is 887. The molecule has 0 saturated carbocycles. The number of phenols is 1. The first kappa shape index (κ1) is 14.9. The number of para-hydroxylation sites is 1. The SMILES string of the molecule is O=C(c1ccccc1O)N1CCN(c2ncnc3ccsc23)CC1. The van der Waals surface area contributed by atoms with Crippen LogP contribution in [0.2, 0.25) is 0 Å². The number of phenolic OH excluding ortho intramolecular Hbond substituents is 1. The third-order valence-corrected chi connectivity index (χ3v) is 5.12. The van der Waals surface area contributed by atoms with Crippen molar-refractivity contribution in [2.24, 2.45) is 0 Å². The molecule has 1 aliphatic heterocycles. The minimum absolute atomic E-state index is 0.0287. The van der Waals surface area contributed by atoms with E-state index in [1.807, 2.05) is 11.4 Å².